The van der Waals surface area contributed by atoms with Crippen LogP contribution >= 0.6 is 0 Å². The van der Waals surface area contributed by atoms with Crippen molar-refractivity contribution in [2.45, 2.75) is 64.7 Å². The predicted octanol–water partition coefficient (Wildman–Crippen LogP) is 4.25. The second-order valence-electron chi connectivity index (χ2n) is 4.37. The Kier molecular flexibility index (Phi) is 10.2. The Bertz CT molecular complexity index is 197. The Balaban J connectivity index is 3.24. The predicted molar refractivity (Wildman–Crippen MR) is 68.4 cm³/mol. The molecule has 0 radical (unpaired) electrons. The number of ether oxygens (including phenoxy) is 1. The lowest BCUT2D eigenvalue weighted by Crippen LogP contribution is -2.01. The number of unbranched alkanes of at least 4 members (excludes halogenated alkanes) is 6. The minimum Gasteiger partial charge on any atom is -0.469 e. The molecule has 16 heavy (non-hydrogen) atoms. The van der Waals surface area contributed by atoms with Crippen LogP contribution in [-0.2, 0) is 9.53 Å². The maximum absolute atomic E-state index is 10.9. The highest BCUT2D eigenvalue weighted by Gasteiger charge is 2.03. The van der Waals surface area contributed by atoms with Gasteiger partial charge >= 0.3 is 5.97 Å². The van der Waals surface area contributed by atoms with Gasteiger partial charge < -0.3 is 4.74 Å². The minimum atomic E-state index is -0.173. The summed E-state index contributed by atoms with van der Waals surface area (Å²) in [5.74, 6) is -0.173. The first-order valence-corrected chi connectivity index (χ1v) is 6.44. The van der Waals surface area contributed by atoms with Gasteiger partial charge in [0.1, 0.15) is 0 Å². The second-order valence-corrected chi connectivity index (χ2v) is 4.37. The third-order valence-corrected chi connectivity index (χ3v) is 2.76. The van der Waals surface area contributed by atoms with Crippen molar-refractivity contribution in [3.63, 3.8) is 0 Å². The molecule has 2 nitrogen and oxygen atoms in total. The molecule has 0 aromatic rings. The number of rotatable bonds is 10. The van der Waals surface area contributed by atoms with E-state index in [1.165, 1.54) is 45.6 Å². The van der Waals surface area contributed by atoms with Crippen molar-refractivity contribution in [2.24, 2.45) is 0 Å². The molecule has 0 heterocycles. The molecule has 0 aliphatic rings. The molecular weight excluding hydrogens is 200 g/mol. The van der Waals surface area contributed by atoms with Crippen molar-refractivity contribution in [2.75, 3.05) is 7.11 Å². The molecule has 0 fully saturated rings. The van der Waals surface area contributed by atoms with Crippen LogP contribution in [0.1, 0.15) is 64.7 Å². The largest absolute Gasteiger partial charge is 0.469 e. The molecule has 0 saturated carbocycles. The minimum absolute atomic E-state index is 0.173. The standard InChI is InChI=1S/C14H26O2/c1-4-5-6-7-8-9-10-11-13(2)12-14(15)16-3/h2,4-12H2,1,3H3. The Hall–Kier alpha value is -0.790. The number of carbonyl (C=O) groups is 1. The van der Waals surface area contributed by atoms with Gasteiger partial charge in [-0.15, -0.1) is 0 Å². The molecule has 0 amide bonds. The lowest BCUT2D eigenvalue weighted by atomic mass is 10.0. The molecule has 0 spiro atoms. The Morgan fingerprint density at radius 2 is 1.62 bits per heavy atom. The van der Waals surface area contributed by atoms with Crippen molar-refractivity contribution in [3.05, 3.63) is 12.2 Å². The van der Waals surface area contributed by atoms with Crippen LogP contribution in [0.15, 0.2) is 12.2 Å². The van der Waals surface area contributed by atoms with Crippen LogP contribution in [-0.4, -0.2) is 13.1 Å². The molecule has 0 bridgehead atoms. The van der Waals surface area contributed by atoms with Crippen molar-refractivity contribution in [3.8, 4) is 0 Å². The van der Waals surface area contributed by atoms with Crippen LogP contribution in [0.2, 0.25) is 0 Å². The molecule has 0 unspecified atom stereocenters. The fraction of sp³-hybridized carbons (Fsp3) is 0.786. The number of methoxy groups -OCH3 is 1. The monoisotopic (exact) mass is 226 g/mol. The molecule has 0 aromatic heterocycles. The lowest BCUT2D eigenvalue weighted by molar-refractivity contribution is -0.139. The van der Waals surface area contributed by atoms with E-state index in [4.69, 9.17) is 0 Å². The van der Waals surface area contributed by atoms with E-state index in [9.17, 15) is 4.79 Å². The van der Waals surface area contributed by atoms with Crippen LogP contribution < -0.4 is 0 Å². The van der Waals surface area contributed by atoms with Gasteiger partial charge in [-0.2, -0.15) is 0 Å². The van der Waals surface area contributed by atoms with E-state index in [0.29, 0.717) is 6.42 Å². The Morgan fingerprint density at radius 3 is 2.19 bits per heavy atom. The average molecular weight is 226 g/mol. The summed E-state index contributed by atoms with van der Waals surface area (Å²) in [6, 6.07) is 0. The normalized spacial score (nSPS) is 10.1. The van der Waals surface area contributed by atoms with Crippen molar-refractivity contribution < 1.29 is 9.53 Å². The number of hydrogen-bond acceptors (Lipinski definition) is 2. The molecule has 94 valence electrons. The highest BCUT2D eigenvalue weighted by atomic mass is 16.5. The second kappa shape index (κ2) is 10.7. The first-order valence-electron chi connectivity index (χ1n) is 6.44. The zero-order valence-electron chi connectivity index (χ0n) is 10.9. The van der Waals surface area contributed by atoms with E-state index < -0.39 is 0 Å². The van der Waals surface area contributed by atoms with Gasteiger partial charge in [-0.1, -0.05) is 57.6 Å². The quantitative estimate of drug-likeness (QED) is 0.316. The van der Waals surface area contributed by atoms with Crippen LogP contribution in [0.25, 0.3) is 0 Å². The van der Waals surface area contributed by atoms with E-state index in [1.807, 2.05) is 0 Å². The summed E-state index contributed by atoms with van der Waals surface area (Å²) in [5, 5.41) is 0. The molecule has 0 atom stereocenters. The SMILES string of the molecule is C=C(CCCCCCCCC)CC(=O)OC. The smallest absolute Gasteiger partial charge is 0.309 e. The fourth-order valence-corrected chi connectivity index (χ4v) is 1.70. The maximum atomic E-state index is 10.9. The average Bonchev–Trinajstić information content (AvgIpc) is 2.27. The van der Waals surface area contributed by atoms with E-state index in [1.54, 1.807) is 0 Å². The Labute approximate surface area is 100 Å². The van der Waals surface area contributed by atoms with Gasteiger partial charge in [0, 0.05) is 0 Å². The van der Waals surface area contributed by atoms with E-state index >= 15 is 0 Å². The van der Waals surface area contributed by atoms with Crippen molar-refractivity contribution in [1.29, 1.82) is 0 Å². The van der Waals surface area contributed by atoms with E-state index in [0.717, 1.165) is 18.4 Å². The van der Waals surface area contributed by atoms with Gasteiger partial charge in [-0.3, -0.25) is 4.79 Å². The number of hydrogen-bond donors (Lipinski definition) is 0. The lowest BCUT2D eigenvalue weighted by Gasteiger charge is -2.04. The summed E-state index contributed by atoms with van der Waals surface area (Å²) in [7, 11) is 1.42. The Morgan fingerprint density at radius 1 is 1.06 bits per heavy atom. The van der Waals surface area contributed by atoms with Gasteiger partial charge in [0.15, 0.2) is 0 Å². The van der Waals surface area contributed by atoms with Crippen LogP contribution in [0, 0.1) is 0 Å². The summed E-state index contributed by atoms with van der Waals surface area (Å²) >= 11 is 0. The van der Waals surface area contributed by atoms with Gasteiger partial charge in [-0.05, 0) is 12.8 Å². The van der Waals surface area contributed by atoms with Crippen LogP contribution in [0.5, 0.6) is 0 Å². The zero-order valence-corrected chi connectivity index (χ0v) is 10.9. The van der Waals surface area contributed by atoms with Crippen LogP contribution in [0.3, 0.4) is 0 Å². The molecule has 0 N–H and O–H groups in total. The molecule has 0 aromatic carbocycles. The van der Waals surface area contributed by atoms with Gasteiger partial charge in [0.05, 0.1) is 13.5 Å². The maximum Gasteiger partial charge on any atom is 0.309 e. The first kappa shape index (κ1) is 15.2. The van der Waals surface area contributed by atoms with Crippen molar-refractivity contribution >= 4 is 5.97 Å². The summed E-state index contributed by atoms with van der Waals surface area (Å²) in [4.78, 5) is 10.9. The molecular formula is C14H26O2. The topological polar surface area (TPSA) is 26.3 Å². The van der Waals surface area contributed by atoms with Gasteiger partial charge in [0.2, 0.25) is 0 Å². The highest BCUT2D eigenvalue weighted by molar-refractivity contribution is 5.71. The number of esters is 1. The first-order chi connectivity index (χ1) is 7.70. The summed E-state index contributed by atoms with van der Waals surface area (Å²) in [6.45, 7) is 6.12. The molecule has 0 aliphatic carbocycles. The van der Waals surface area contributed by atoms with Gasteiger partial charge in [0.25, 0.3) is 0 Å². The zero-order chi connectivity index (χ0) is 12.2. The van der Waals surface area contributed by atoms with E-state index in [-0.39, 0.29) is 5.97 Å². The molecule has 0 rings (SSSR count). The third kappa shape index (κ3) is 9.75. The summed E-state index contributed by atoms with van der Waals surface area (Å²) in [6.07, 6.45) is 10.4. The third-order valence-electron chi connectivity index (χ3n) is 2.76. The summed E-state index contributed by atoms with van der Waals surface area (Å²) < 4.78 is 4.59. The fourth-order valence-electron chi connectivity index (χ4n) is 1.70. The highest BCUT2D eigenvalue weighted by Crippen LogP contribution is 2.13. The van der Waals surface area contributed by atoms with Crippen molar-refractivity contribution in [1.82, 2.24) is 0 Å². The molecule has 0 aliphatic heterocycles. The van der Waals surface area contributed by atoms with Crippen LogP contribution in [0.4, 0.5) is 0 Å². The summed E-state index contributed by atoms with van der Waals surface area (Å²) in [5.41, 5.74) is 1.00. The molecule has 0 saturated heterocycles. The van der Waals surface area contributed by atoms with E-state index in [2.05, 4.69) is 18.2 Å². The number of carbonyl (C=O) groups excluding carboxylic acids is 1. The van der Waals surface area contributed by atoms with Gasteiger partial charge in [-0.25, -0.2) is 0 Å². The molecule has 2 heteroatoms.